The molecule has 1 saturated heterocycles. The smallest absolute Gasteiger partial charge is 0.268 e. The topological polar surface area (TPSA) is 20.3 Å². The number of thioether (sulfide) groups is 1. The third kappa shape index (κ3) is 3.23. The Morgan fingerprint density at radius 1 is 1.13 bits per heavy atom. The van der Waals surface area contributed by atoms with Gasteiger partial charge in [-0.25, -0.2) is 0 Å². The van der Waals surface area contributed by atoms with Gasteiger partial charge in [0.25, 0.3) is 5.91 Å². The van der Waals surface area contributed by atoms with Gasteiger partial charge in [-0.3, -0.25) is 9.69 Å². The van der Waals surface area contributed by atoms with E-state index in [4.69, 9.17) is 12.2 Å². The minimum absolute atomic E-state index is 0.0473. The molecule has 0 atom stereocenters. The molecule has 0 aliphatic carbocycles. The molecule has 0 spiro atoms. The van der Waals surface area contributed by atoms with Crippen LogP contribution < -0.4 is 4.90 Å². The van der Waals surface area contributed by atoms with E-state index in [1.165, 1.54) is 17.3 Å². The van der Waals surface area contributed by atoms with Gasteiger partial charge in [0, 0.05) is 0 Å². The Bertz CT molecular complexity index is 793. The molecule has 2 aromatic rings. The summed E-state index contributed by atoms with van der Waals surface area (Å²) in [6.07, 6.45) is 2.92. The highest BCUT2D eigenvalue weighted by molar-refractivity contribution is 8.27. The van der Waals surface area contributed by atoms with Crippen molar-refractivity contribution in [3.8, 4) is 0 Å². The van der Waals surface area contributed by atoms with Gasteiger partial charge in [0.15, 0.2) is 4.32 Å². The van der Waals surface area contributed by atoms with Crippen LogP contribution in [0.2, 0.25) is 0 Å². The molecule has 4 heteroatoms. The van der Waals surface area contributed by atoms with E-state index in [2.05, 4.69) is 19.1 Å². The molecular weight excluding hydrogens is 322 g/mol. The van der Waals surface area contributed by atoms with E-state index < -0.39 is 0 Å². The Balaban J connectivity index is 1.91. The van der Waals surface area contributed by atoms with Crippen molar-refractivity contribution in [1.29, 1.82) is 0 Å². The lowest BCUT2D eigenvalue weighted by Crippen LogP contribution is -2.28. The van der Waals surface area contributed by atoms with Crippen LogP contribution in [0.1, 0.15) is 23.6 Å². The number of hydrogen-bond donors (Lipinski definition) is 0. The molecule has 2 aromatic carbocycles. The molecule has 1 heterocycles. The Kier molecular flexibility index (Phi) is 4.64. The van der Waals surface area contributed by atoms with Gasteiger partial charge in [-0.05, 0) is 42.2 Å². The van der Waals surface area contributed by atoms with Gasteiger partial charge in [-0.15, -0.1) is 0 Å². The van der Waals surface area contributed by atoms with Crippen molar-refractivity contribution in [3.05, 3.63) is 70.1 Å². The second kappa shape index (κ2) is 6.69. The molecule has 23 heavy (non-hydrogen) atoms. The monoisotopic (exact) mass is 339 g/mol. The van der Waals surface area contributed by atoms with Crippen LogP contribution in [-0.2, 0) is 11.2 Å². The number of benzene rings is 2. The van der Waals surface area contributed by atoms with E-state index >= 15 is 0 Å². The fourth-order valence-electron chi connectivity index (χ4n) is 2.49. The maximum atomic E-state index is 12.7. The standard InChI is InChI=1S/C19H17NOS2/c1-3-14-8-10-15(11-9-14)12-17-18(21)20(19(22)23-17)16-7-5-4-6-13(16)2/h4-12H,3H2,1-2H3. The highest BCUT2D eigenvalue weighted by atomic mass is 32.2. The Morgan fingerprint density at radius 2 is 1.83 bits per heavy atom. The predicted molar refractivity (Wildman–Crippen MR) is 103 cm³/mol. The Morgan fingerprint density at radius 3 is 2.48 bits per heavy atom. The molecule has 1 aliphatic heterocycles. The lowest BCUT2D eigenvalue weighted by atomic mass is 10.1. The maximum absolute atomic E-state index is 12.7. The SMILES string of the molecule is CCc1ccc(C=C2SC(=S)N(c3ccccc3C)C2=O)cc1. The van der Waals surface area contributed by atoms with E-state index in [0.717, 1.165) is 23.2 Å². The van der Waals surface area contributed by atoms with Gasteiger partial charge in [0.1, 0.15) is 0 Å². The van der Waals surface area contributed by atoms with Crippen molar-refractivity contribution >= 4 is 46.0 Å². The van der Waals surface area contributed by atoms with Crippen LogP contribution >= 0.6 is 24.0 Å². The molecule has 0 saturated carbocycles. The molecule has 1 aliphatic rings. The average molecular weight is 339 g/mol. The fraction of sp³-hybridized carbons (Fsp3) is 0.158. The number of thiocarbonyl (C=S) groups is 1. The van der Waals surface area contributed by atoms with E-state index in [1.54, 1.807) is 4.90 Å². The fourth-order valence-corrected chi connectivity index (χ4v) is 3.78. The van der Waals surface area contributed by atoms with E-state index in [1.807, 2.05) is 49.4 Å². The van der Waals surface area contributed by atoms with Gasteiger partial charge < -0.3 is 0 Å². The summed E-state index contributed by atoms with van der Waals surface area (Å²) in [5.74, 6) is -0.0473. The summed E-state index contributed by atoms with van der Waals surface area (Å²) in [6, 6.07) is 16.1. The van der Waals surface area contributed by atoms with Gasteiger partial charge in [0.05, 0.1) is 10.6 Å². The normalized spacial score (nSPS) is 16.4. The van der Waals surface area contributed by atoms with Crippen LogP contribution in [0.5, 0.6) is 0 Å². The van der Waals surface area contributed by atoms with Crippen molar-refractivity contribution < 1.29 is 4.79 Å². The van der Waals surface area contributed by atoms with Crippen LogP contribution in [0.4, 0.5) is 5.69 Å². The number of carbonyl (C=O) groups is 1. The molecular formula is C19H17NOS2. The summed E-state index contributed by atoms with van der Waals surface area (Å²) in [4.78, 5) is 15.0. The molecule has 3 rings (SSSR count). The zero-order valence-corrected chi connectivity index (χ0v) is 14.7. The molecule has 1 fully saturated rings. The zero-order valence-electron chi connectivity index (χ0n) is 13.1. The van der Waals surface area contributed by atoms with Crippen molar-refractivity contribution in [3.63, 3.8) is 0 Å². The first-order valence-electron chi connectivity index (χ1n) is 7.52. The van der Waals surface area contributed by atoms with E-state index in [-0.39, 0.29) is 5.91 Å². The van der Waals surface area contributed by atoms with Crippen LogP contribution in [0, 0.1) is 6.92 Å². The minimum Gasteiger partial charge on any atom is -0.268 e. The number of hydrogen-bond acceptors (Lipinski definition) is 3. The second-order valence-corrected chi connectivity index (χ2v) is 7.07. The molecule has 0 radical (unpaired) electrons. The van der Waals surface area contributed by atoms with Crippen molar-refractivity contribution in [1.82, 2.24) is 0 Å². The van der Waals surface area contributed by atoms with Crippen LogP contribution in [0.25, 0.3) is 6.08 Å². The molecule has 2 nitrogen and oxygen atoms in total. The largest absolute Gasteiger partial charge is 0.270 e. The van der Waals surface area contributed by atoms with Crippen molar-refractivity contribution in [2.75, 3.05) is 4.90 Å². The molecule has 0 unspecified atom stereocenters. The summed E-state index contributed by atoms with van der Waals surface area (Å²) in [6.45, 7) is 4.11. The molecule has 0 bridgehead atoms. The first-order valence-corrected chi connectivity index (χ1v) is 8.75. The number of aryl methyl sites for hydroxylation is 2. The third-order valence-corrected chi connectivity index (χ3v) is 5.14. The molecule has 1 amide bonds. The lowest BCUT2D eigenvalue weighted by molar-refractivity contribution is -0.113. The highest BCUT2D eigenvalue weighted by Gasteiger charge is 2.33. The Hall–Kier alpha value is -1.91. The van der Waals surface area contributed by atoms with Crippen molar-refractivity contribution in [2.45, 2.75) is 20.3 Å². The van der Waals surface area contributed by atoms with Crippen LogP contribution in [0.15, 0.2) is 53.4 Å². The summed E-state index contributed by atoms with van der Waals surface area (Å²) in [7, 11) is 0. The van der Waals surface area contributed by atoms with Gasteiger partial charge in [0.2, 0.25) is 0 Å². The number of amides is 1. The second-order valence-electron chi connectivity index (χ2n) is 5.40. The van der Waals surface area contributed by atoms with Crippen LogP contribution in [-0.4, -0.2) is 10.2 Å². The van der Waals surface area contributed by atoms with E-state index in [9.17, 15) is 4.79 Å². The van der Waals surface area contributed by atoms with Crippen molar-refractivity contribution in [2.24, 2.45) is 0 Å². The molecule has 0 aromatic heterocycles. The number of rotatable bonds is 3. The van der Waals surface area contributed by atoms with Crippen LogP contribution in [0.3, 0.4) is 0 Å². The number of carbonyl (C=O) groups excluding carboxylic acids is 1. The summed E-state index contributed by atoms with van der Waals surface area (Å²) >= 11 is 6.78. The number of nitrogens with zero attached hydrogens (tertiary/aromatic N) is 1. The van der Waals surface area contributed by atoms with Gasteiger partial charge >= 0.3 is 0 Å². The molecule has 116 valence electrons. The molecule has 0 N–H and O–H groups in total. The number of anilines is 1. The summed E-state index contributed by atoms with van der Waals surface area (Å²) in [5.41, 5.74) is 4.21. The highest BCUT2D eigenvalue weighted by Crippen LogP contribution is 2.37. The predicted octanol–water partition coefficient (Wildman–Crippen LogP) is 4.96. The third-order valence-electron chi connectivity index (χ3n) is 3.84. The first-order chi connectivity index (χ1) is 11.1. The average Bonchev–Trinajstić information content (AvgIpc) is 2.83. The summed E-state index contributed by atoms with van der Waals surface area (Å²) in [5, 5.41) is 0. The first kappa shape index (κ1) is 16.0. The maximum Gasteiger partial charge on any atom is 0.270 e. The lowest BCUT2D eigenvalue weighted by Gasteiger charge is -2.16. The Labute approximate surface area is 146 Å². The minimum atomic E-state index is -0.0473. The van der Waals surface area contributed by atoms with E-state index in [0.29, 0.717) is 9.23 Å². The van der Waals surface area contributed by atoms with Gasteiger partial charge in [-0.1, -0.05) is 73.4 Å². The number of para-hydroxylation sites is 1. The van der Waals surface area contributed by atoms with Gasteiger partial charge in [-0.2, -0.15) is 0 Å². The zero-order chi connectivity index (χ0) is 16.4. The quantitative estimate of drug-likeness (QED) is 0.582. The summed E-state index contributed by atoms with van der Waals surface area (Å²) < 4.78 is 0.584.